The van der Waals surface area contributed by atoms with Crippen LogP contribution in [0.4, 0.5) is 34.1 Å². The molecule has 0 bridgehead atoms. The summed E-state index contributed by atoms with van der Waals surface area (Å²) in [5.74, 6) is 0. The first-order chi connectivity index (χ1) is 29.3. The molecule has 10 aromatic carbocycles. The van der Waals surface area contributed by atoms with Crippen molar-refractivity contribution in [2.45, 2.75) is 0 Å². The number of anilines is 6. The van der Waals surface area contributed by atoms with Crippen LogP contribution in [0.25, 0.3) is 54.9 Å². The minimum Gasteiger partial charge on any atom is -0.311 e. The average Bonchev–Trinajstić information content (AvgIpc) is 3.31. The van der Waals surface area contributed by atoms with Crippen LogP contribution in [0, 0.1) is 0 Å². The van der Waals surface area contributed by atoms with Gasteiger partial charge in [-0.15, -0.1) is 0 Å². The second kappa shape index (κ2) is 13.5. The van der Waals surface area contributed by atoms with Crippen molar-refractivity contribution < 1.29 is 0 Å². The Morgan fingerprint density at radius 3 is 1.17 bits per heavy atom. The fraction of sp³-hybridized carbons (Fsp3) is 0. The van der Waals surface area contributed by atoms with Crippen molar-refractivity contribution in [3.63, 3.8) is 0 Å². The van der Waals surface area contributed by atoms with Gasteiger partial charge < -0.3 is 9.80 Å². The maximum absolute atomic E-state index is 2.48. The van der Waals surface area contributed by atoms with Crippen molar-refractivity contribution in [2.24, 2.45) is 0 Å². The third-order valence-corrected chi connectivity index (χ3v) is 12.4. The predicted octanol–water partition coefficient (Wildman–Crippen LogP) is 13.1. The SMILES string of the molecule is c1ccc(-c2c3ccccc3c(-c3cccc(-c4cc5c6c(c4)N(c4ccccc4)c4ccccc4B6c4ccccc4N5c4ccccc4)c3)c3ccccc23)cc1. The topological polar surface area (TPSA) is 6.48 Å². The van der Waals surface area contributed by atoms with E-state index in [9.17, 15) is 0 Å². The summed E-state index contributed by atoms with van der Waals surface area (Å²) in [5, 5.41) is 5.03. The zero-order valence-corrected chi connectivity index (χ0v) is 32.3. The van der Waals surface area contributed by atoms with Gasteiger partial charge >= 0.3 is 0 Å². The Kier molecular flexibility index (Phi) is 7.67. The molecule has 0 saturated heterocycles. The largest absolute Gasteiger partial charge is 0.311 e. The van der Waals surface area contributed by atoms with Gasteiger partial charge in [-0.3, -0.25) is 0 Å². The molecule has 0 aromatic heterocycles. The van der Waals surface area contributed by atoms with E-state index in [1.54, 1.807) is 0 Å². The van der Waals surface area contributed by atoms with E-state index in [-0.39, 0.29) is 6.71 Å². The fourth-order valence-electron chi connectivity index (χ4n) is 9.98. The van der Waals surface area contributed by atoms with Crippen LogP contribution in [-0.4, -0.2) is 6.71 Å². The normalized spacial score (nSPS) is 12.6. The summed E-state index contributed by atoms with van der Waals surface area (Å²) in [6, 6.07) is 82.5. The number of hydrogen-bond donors (Lipinski definition) is 0. The van der Waals surface area contributed by atoms with Crippen LogP contribution in [0.5, 0.6) is 0 Å². The summed E-state index contributed by atoms with van der Waals surface area (Å²) in [7, 11) is 0. The van der Waals surface area contributed by atoms with Gasteiger partial charge in [0, 0.05) is 34.1 Å². The third kappa shape index (κ3) is 5.22. The molecule has 0 fully saturated rings. The molecule has 0 aliphatic carbocycles. The van der Waals surface area contributed by atoms with Crippen molar-refractivity contribution in [1.82, 2.24) is 0 Å². The summed E-state index contributed by atoms with van der Waals surface area (Å²) in [6.45, 7) is 0.0774. The second-order valence-electron chi connectivity index (χ2n) is 15.6. The number of rotatable bonds is 5. The minimum atomic E-state index is 0.0774. The minimum absolute atomic E-state index is 0.0774. The predicted molar refractivity (Wildman–Crippen MR) is 252 cm³/mol. The molecular weight excluding hydrogens is 711 g/mol. The molecule has 3 heteroatoms. The summed E-state index contributed by atoms with van der Waals surface area (Å²) >= 11 is 0. The second-order valence-corrected chi connectivity index (χ2v) is 15.6. The molecule has 2 aliphatic rings. The van der Waals surface area contributed by atoms with Gasteiger partial charge in [0.2, 0.25) is 0 Å². The highest BCUT2D eigenvalue weighted by Crippen LogP contribution is 2.48. The van der Waals surface area contributed by atoms with Gasteiger partial charge in [-0.25, -0.2) is 0 Å². The van der Waals surface area contributed by atoms with E-state index < -0.39 is 0 Å². The van der Waals surface area contributed by atoms with Crippen LogP contribution in [0.2, 0.25) is 0 Å². The van der Waals surface area contributed by atoms with E-state index in [0.29, 0.717) is 0 Å². The van der Waals surface area contributed by atoms with Gasteiger partial charge in [-0.1, -0.05) is 170 Å². The van der Waals surface area contributed by atoms with E-state index in [0.717, 1.165) is 11.4 Å². The zero-order chi connectivity index (χ0) is 38.9. The highest BCUT2D eigenvalue weighted by Gasteiger charge is 2.43. The number of fused-ring (bicyclic) bond motifs is 6. The van der Waals surface area contributed by atoms with Crippen molar-refractivity contribution in [1.29, 1.82) is 0 Å². The number of para-hydroxylation sites is 4. The Bertz CT molecular complexity index is 3060. The molecule has 59 heavy (non-hydrogen) atoms. The molecule has 10 aromatic rings. The highest BCUT2D eigenvalue weighted by molar-refractivity contribution is 7.00. The summed E-state index contributed by atoms with van der Waals surface area (Å²) < 4.78 is 0. The molecule has 0 amide bonds. The molecule has 2 nitrogen and oxygen atoms in total. The summed E-state index contributed by atoms with van der Waals surface area (Å²) in [4.78, 5) is 4.97. The molecule has 12 rings (SSSR count). The van der Waals surface area contributed by atoms with Crippen molar-refractivity contribution >= 4 is 78.8 Å². The Morgan fingerprint density at radius 1 is 0.271 bits per heavy atom. The van der Waals surface area contributed by atoms with Gasteiger partial charge in [0.15, 0.2) is 0 Å². The monoisotopic (exact) mass is 748 g/mol. The first-order valence-corrected chi connectivity index (χ1v) is 20.5. The van der Waals surface area contributed by atoms with Crippen LogP contribution in [0.3, 0.4) is 0 Å². The molecule has 0 N–H and O–H groups in total. The molecule has 0 radical (unpaired) electrons. The number of hydrogen-bond acceptors (Lipinski definition) is 2. The molecule has 2 heterocycles. The van der Waals surface area contributed by atoms with Gasteiger partial charge in [0.25, 0.3) is 6.71 Å². The lowest BCUT2D eigenvalue weighted by atomic mass is 9.33. The van der Waals surface area contributed by atoms with E-state index in [2.05, 4.69) is 234 Å². The first kappa shape index (κ1) is 33.5. The number of nitrogens with zero attached hydrogens (tertiary/aromatic N) is 2. The Labute approximate surface area is 345 Å². The van der Waals surface area contributed by atoms with Crippen LogP contribution in [-0.2, 0) is 0 Å². The zero-order valence-electron chi connectivity index (χ0n) is 32.3. The van der Waals surface area contributed by atoms with E-state index in [4.69, 9.17) is 0 Å². The third-order valence-electron chi connectivity index (χ3n) is 12.4. The molecule has 0 saturated carbocycles. The molecule has 0 atom stereocenters. The van der Waals surface area contributed by atoms with E-state index in [1.165, 1.54) is 94.1 Å². The lowest BCUT2D eigenvalue weighted by Crippen LogP contribution is -2.61. The molecular formula is C56H37BN2. The van der Waals surface area contributed by atoms with Gasteiger partial charge in [0.05, 0.1) is 0 Å². The van der Waals surface area contributed by atoms with Gasteiger partial charge in [-0.05, 0) is 126 Å². The lowest BCUT2D eigenvalue weighted by molar-refractivity contribution is 1.25. The maximum atomic E-state index is 2.48. The average molecular weight is 749 g/mol. The smallest absolute Gasteiger partial charge is 0.252 e. The van der Waals surface area contributed by atoms with E-state index in [1.807, 2.05) is 0 Å². The Balaban J connectivity index is 1.13. The van der Waals surface area contributed by atoms with Crippen LogP contribution >= 0.6 is 0 Å². The van der Waals surface area contributed by atoms with Crippen LogP contribution in [0.1, 0.15) is 0 Å². The Hall–Kier alpha value is -7.62. The molecule has 274 valence electrons. The molecule has 2 aliphatic heterocycles. The van der Waals surface area contributed by atoms with Crippen molar-refractivity contribution in [2.75, 3.05) is 9.80 Å². The van der Waals surface area contributed by atoms with Gasteiger partial charge in [-0.2, -0.15) is 0 Å². The van der Waals surface area contributed by atoms with Crippen LogP contribution in [0.15, 0.2) is 224 Å². The molecule has 0 spiro atoms. The lowest BCUT2D eigenvalue weighted by Gasteiger charge is -2.44. The summed E-state index contributed by atoms with van der Waals surface area (Å²) in [6.07, 6.45) is 0. The Morgan fingerprint density at radius 2 is 0.661 bits per heavy atom. The van der Waals surface area contributed by atoms with Crippen molar-refractivity contribution in [3.05, 3.63) is 224 Å². The van der Waals surface area contributed by atoms with E-state index >= 15 is 0 Å². The fourth-order valence-corrected chi connectivity index (χ4v) is 9.98. The summed E-state index contributed by atoms with van der Waals surface area (Å²) in [5.41, 5.74) is 18.4. The quantitative estimate of drug-likeness (QED) is 0.128. The highest BCUT2D eigenvalue weighted by atomic mass is 15.2. The first-order valence-electron chi connectivity index (χ1n) is 20.5. The standard InChI is InChI=1S/C56H37BN2/c1-4-19-38(20-5-1)54-44-27-10-12-29-46(44)55(47-30-13-11-28-45(47)54)40-22-18-21-39(35-40)41-36-52-56-53(37-41)59(43-25-8-3-9-26-43)51-34-17-15-32-49(51)57(56)48-31-14-16-33-50(48)58(52)42-23-6-2-7-24-42/h1-37H. The molecule has 0 unspecified atom stereocenters. The number of benzene rings is 10. The van der Waals surface area contributed by atoms with Gasteiger partial charge in [0.1, 0.15) is 0 Å². The maximum Gasteiger partial charge on any atom is 0.252 e. The van der Waals surface area contributed by atoms with Crippen LogP contribution < -0.4 is 26.2 Å². The van der Waals surface area contributed by atoms with Crippen molar-refractivity contribution in [3.8, 4) is 33.4 Å².